The van der Waals surface area contributed by atoms with Gasteiger partial charge in [-0.15, -0.1) is 0 Å². The van der Waals surface area contributed by atoms with Crippen LogP contribution in [0.5, 0.6) is 0 Å². The minimum atomic E-state index is -0.243. The Morgan fingerprint density at radius 2 is 2.24 bits per heavy atom. The summed E-state index contributed by atoms with van der Waals surface area (Å²) in [5.41, 5.74) is 1.10. The maximum Gasteiger partial charge on any atom is 0.240 e. The fourth-order valence-corrected chi connectivity index (χ4v) is 1.92. The number of amides is 1. The number of ether oxygens (including phenoxy) is 1. The molecular weight excluding hydrogens is 216 g/mol. The van der Waals surface area contributed by atoms with Crippen LogP contribution in [0.3, 0.4) is 0 Å². The number of morpholine rings is 1. The average Bonchev–Trinajstić information content (AvgIpc) is 2.38. The van der Waals surface area contributed by atoms with E-state index in [4.69, 9.17) is 4.74 Å². The second-order valence-electron chi connectivity index (χ2n) is 4.21. The topological polar surface area (TPSA) is 50.4 Å². The third kappa shape index (κ3) is 3.28. The number of hydrogen-bond donors (Lipinski definition) is 2. The van der Waals surface area contributed by atoms with E-state index in [1.807, 2.05) is 37.3 Å². The van der Waals surface area contributed by atoms with Crippen molar-refractivity contribution < 1.29 is 9.53 Å². The van der Waals surface area contributed by atoms with Crippen LogP contribution in [0.15, 0.2) is 30.3 Å². The Labute approximate surface area is 101 Å². The Kier molecular flexibility index (Phi) is 4.12. The third-order valence-corrected chi connectivity index (χ3v) is 2.91. The summed E-state index contributed by atoms with van der Waals surface area (Å²) in [6, 6.07) is 9.64. The molecule has 1 aliphatic rings. The van der Waals surface area contributed by atoms with E-state index in [0.29, 0.717) is 13.2 Å². The molecule has 1 heterocycles. The summed E-state index contributed by atoms with van der Waals surface area (Å²) in [6.07, 6.45) is -0.0699. The molecule has 0 radical (unpaired) electrons. The Balaban J connectivity index is 1.84. The highest BCUT2D eigenvalue weighted by atomic mass is 16.5. The Bertz CT molecular complexity index is 367. The second-order valence-corrected chi connectivity index (χ2v) is 4.21. The van der Waals surface area contributed by atoms with Crippen molar-refractivity contribution in [3.8, 4) is 0 Å². The Morgan fingerprint density at radius 1 is 1.47 bits per heavy atom. The monoisotopic (exact) mass is 234 g/mol. The predicted molar refractivity (Wildman–Crippen MR) is 65.5 cm³/mol. The maximum absolute atomic E-state index is 11.9. The van der Waals surface area contributed by atoms with Crippen LogP contribution in [0.1, 0.15) is 12.5 Å². The lowest BCUT2D eigenvalue weighted by Gasteiger charge is -2.29. The molecule has 4 heteroatoms. The Morgan fingerprint density at radius 3 is 2.94 bits per heavy atom. The van der Waals surface area contributed by atoms with Gasteiger partial charge >= 0.3 is 0 Å². The van der Waals surface area contributed by atoms with Crippen LogP contribution in [0.4, 0.5) is 0 Å². The number of carbonyl (C=O) groups excluding carboxylic acids is 1. The molecule has 1 amide bonds. The van der Waals surface area contributed by atoms with Gasteiger partial charge in [-0.05, 0) is 12.5 Å². The van der Waals surface area contributed by atoms with Gasteiger partial charge in [0.2, 0.25) is 5.91 Å². The minimum absolute atomic E-state index is 0.000975. The fourth-order valence-electron chi connectivity index (χ4n) is 1.92. The highest BCUT2D eigenvalue weighted by molar-refractivity contribution is 5.82. The maximum atomic E-state index is 11.9. The standard InChI is InChI=1S/C13H18N2O2/c1-10-12(14-7-8-17-10)13(16)15-9-11-5-3-2-4-6-11/h2-6,10,12,14H,7-9H2,1H3,(H,15,16). The summed E-state index contributed by atoms with van der Waals surface area (Å²) in [5.74, 6) is 0.000975. The van der Waals surface area contributed by atoms with E-state index in [0.717, 1.165) is 12.1 Å². The smallest absolute Gasteiger partial charge is 0.240 e. The quantitative estimate of drug-likeness (QED) is 0.808. The summed E-state index contributed by atoms with van der Waals surface area (Å²) in [5, 5.41) is 6.09. The molecule has 17 heavy (non-hydrogen) atoms. The zero-order valence-corrected chi connectivity index (χ0v) is 9.98. The van der Waals surface area contributed by atoms with Gasteiger partial charge in [-0.1, -0.05) is 30.3 Å². The van der Waals surface area contributed by atoms with Gasteiger partial charge in [-0.2, -0.15) is 0 Å². The summed E-state index contributed by atoms with van der Waals surface area (Å²) < 4.78 is 5.44. The van der Waals surface area contributed by atoms with E-state index in [1.54, 1.807) is 0 Å². The summed E-state index contributed by atoms with van der Waals surface area (Å²) >= 11 is 0. The molecule has 0 aliphatic carbocycles. The molecule has 1 aliphatic heterocycles. The molecule has 0 bridgehead atoms. The molecule has 1 aromatic carbocycles. The van der Waals surface area contributed by atoms with Crippen LogP contribution in [-0.4, -0.2) is 31.2 Å². The van der Waals surface area contributed by atoms with Crippen LogP contribution >= 0.6 is 0 Å². The molecule has 2 rings (SSSR count). The van der Waals surface area contributed by atoms with Crippen molar-refractivity contribution in [2.75, 3.05) is 13.2 Å². The van der Waals surface area contributed by atoms with Crippen molar-refractivity contribution in [2.45, 2.75) is 25.6 Å². The Hall–Kier alpha value is -1.39. The largest absolute Gasteiger partial charge is 0.375 e. The normalized spacial score (nSPS) is 24.3. The highest BCUT2D eigenvalue weighted by Crippen LogP contribution is 2.04. The first-order chi connectivity index (χ1) is 8.27. The molecule has 1 aromatic rings. The molecule has 92 valence electrons. The lowest BCUT2D eigenvalue weighted by Crippen LogP contribution is -2.55. The van der Waals surface area contributed by atoms with Gasteiger partial charge in [0.1, 0.15) is 6.04 Å². The molecule has 4 nitrogen and oxygen atoms in total. The second kappa shape index (κ2) is 5.80. The van der Waals surface area contributed by atoms with Crippen molar-refractivity contribution in [3.63, 3.8) is 0 Å². The molecule has 0 saturated carbocycles. The minimum Gasteiger partial charge on any atom is -0.375 e. The SMILES string of the molecule is CC1OCCNC1C(=O)NCc1ccccc1. The third-order valence-electron chi connectivity index (χ3n) is 2.91. The van der Waals surface area contributed by atoms with E-state index in [9.17, 15) is 4.79 Å². The molecule has 2 unspecified atom stereocenters. The molecule has 2 atom stereocenters. The first kappa shape index (κ1) is 12.1. The van der Waals surface area contributed by atoms with E-state index >= 15 is 0 Å². The van der Waals surface area contributed by atoms with E-state index in [-0.39, 0.29) is 18.1 Å². The molecule has 1 saturated heterocycles. The van der Waals surface area contributed by atoms with Crippen LogP contribution in [0.2, 0.25) is 0 Å². The average molecular weight is 234 g/mol. The number of carbonyl (C=O) groups is 1. The van der Waals surface area contributed by atoms with Gasteiger partial charge in [-0.3, -0.25) is 4.79 Å². The molecule has 0 spiro atoms. The number of nitrogens with one attached hydrogen (secondary N) is 2. The number of benzene rings is 1. The van der Waals surface area contributed by atoms with Gasteiger partial charge < -0.3 is 15.4 Å². The lowest BCUT2D eigenvalue weighted by atomic mass is 10.1. The van der Waals surface area contributed by atoms with Crippen LogP contribution in [-0.2, 0) is 16.1 Å². The van der Waals surface area contributed by atoms with Gasteiger partial charge in [-0.25, -0.2) is 0 Å². The van der Waals surface area contributed by atoms with Crippen molar-refractivity contribution >= 4 is 5.91 Å². The van der Waals surface area contributed by atoms with Crippen molar-refractivity contribution in [3.05, 3.63) is 35.9 Å². The fraction of sp³-hybridized carbons (Fsp3) is 0.462. The molecular formula is C13H18N2O2. The summed E-state index contributed by atoms with van der Waals surface area (Å²) in [6.45, 7) is 3.88. The van der Waals surface area contributed by atoms with Gasteiger partial charge in [0.05, 0.1) is 12.7 Å². The van der Waals surface area contributed by atoms with Gasteiger partial charge in [0, 0.05) is 13.1 Å². The van der Waals surface area contributed by atoms with Crippen molar-refractivity contribution in [1.29, 1.82) is 0 Å². The van der Waals surface area contributed by atoms with Crippen molar-refractivity contribution in [2.24, 2.45) is 0 Å². The van der Waals surface area contributed by atoms with E-state index in [1.165, 1.54) is 0 Å². The highest BCUT2D eigenvalue weighted by Gasteiger charge is 2.27. The number of rotatable bonds is 3. The van der Waals surface area contributed by atoms with E-state index < -0.39 is 0 Å². The van der Waals surface area contributed by atoms with Crippen LogP contribution < -0.4 is 10.6 Å². The van der Waals surface area contributed by atoms with Gasteiger partial charge in [0.15, 0.2) is 0 Å². The first-order valence-electron chi connectivity index (χ1n) is 5.94. The number of hydrogen-bond acceptors (Lipinski definition) is 3. The summed E-state index contributed by atoms with van der Waals surface area (Å²) in [7, 11) is 0. The predicted octanol–water partition coefficient (Wildman–Crippen LogP) is 0.680. The van der Waals surface area contributed by atoms with E-state index in [2.05, 4.69) is 10.6 Å². The first-order valence-corrected chi connectivity index (χ1v) is 5.94. The molecule has 1 fully saturated rings. The van der Waals surface area contributed by atoms with Crippen LogP contribution in [0.25, 0.3) is 0 Å². The molecule has 0 aromatic heterocycles. The van der Waals surface area contributed by atoms with Crippen molar-refractivity contribution in [1.82, 2.24) is 10.6 Å². The zero-order chi connectivity index (χ0) is 12.1. The zero-order valence-electron chi connectivity index (χ0n) is 9.98. The summed E-state index contributed by atoms with van der Waals surface area (Å²) in [4.78, 5) is 11.9. The van der Waals surface area contributed by atoms with Crippen LogP contribution in [0, 0.1) is 0 Å². The van der Waals surface area contributed by atoms with Gasteiger partial charge in [0.25, 0.3) is 0 Å². The molecule has 2 N–H and O–H groups in total. The lowest BCUT2D eigenvalue weighted by molar-refractivity contribution is -0.129.